The number of hydrogen-bond donors (Lipinski definition) is 2. The van der Waals surface area contributed by atoms with Crippen LogP contribution >= 0.6 is 0 Å². The van der Waals surface area contributed by atoms with Crippen molar-refractivity contribution in [1.29, 1.82) is 0 Å². The Balaban J connectivity index is 1.89. The van der Waals surface area contributed by atoms with Crippen LogP contribution in [0.25, 0.3) is 0 Å². The van der Waals surface area contributed by atoms with Crippen LogP contribution in [-0.4, -0.2) is 46.4 Å². The maximum absolute atomic E-state index is 12.5. The molecular weight excluding hydrogens is 360 g/mol. The van der Waals surface area contributed by atoms with Crippen molar-refractivity contribution in [1.82, 2.24) is 14.9 Å². The highest BCUT2D eigenvalue weighted by Gasteiger charge is 2.21. The zero-order valence-corrected chi connectivity index (χ0v) is 17.8. The Hall–Kier alpha value is -1.60. The van der Waals surface area contributed by atoms with Crippen molar-refractivity contribution >= 4 is 16.0 Å². The molecule has 27 heavy (non-hydrogen) atoms. The fourth-order valence-corrected chi connectivity index (χ4v) is 4.83. The quantitative estimate of drug-likeness (QED) is 0.551. The molecule has 0 bridgehead atoms. The summed E-state index contributed by atoms with van der Waals surface area (Å²) in [4.78, 5) is 4.59. The van der Waals surface area contributed by atoms with Gasteiger partial charge >= 0.3 is 0 Å². The molecule has 2 unspecified atom stereocenters. The van der Waals surface area contributed by atoms with E-state index in [1.165, 1.54) is 30.0 Å². The number of nitrogens with zero attached hydrogens (tertiary/aromatic N) is 2. The molecule has 1 saturated carbocycles. The monoisotopic (exact) mass is 394 g/mol. The van der Waals surface area contributed by atoms with Crippen LogP contribution in [0.1, 0.15) is 44.6 Å². The molecule has 0 saturated heterocycles. The predicted molar refractivity (Wildman–Crippen MR) is 111 cm³/mol. The lowest BCUT2D eigenvalue weighted by molar-refractivity contribution is 0.270. The highest BCUT2D eigenvalue weighted by Crippen LogP contribution is 2.30. The molecule has 2 N–H and O–H groups in total. The Kier molecular flexibility index (Phi) is 8.10. The van der Waals surface area contributed by atoms with Crippen LogP contribution in [0.2, 0.25) is 0 Å². The van der Waals surface area contributed by atoms with Crippen molar-refractivity contribution in [3.63, 3.8) is 0 Å². The largest absolute Gasteiger partial charge is 0.356 e. The highest BCUT2D eigenvalue weighted by molar-refractivity contribution is 7.89. The second kappa shape index (κ2) is 10.1. The second-order valence-corrected chi connectivity index (χ2v) is 9.79. The molecule has 0 amide bonds. The van der Waals surface area contributed by atoms with Gasteiger partial charge in [-0.25, -0.2) is 12.7 Å². The van der Waals surface area contributed by atoms with Crippen molar-refractivity contribution in [3.8, 4) is 0 Å². The van der Waals surface area contributed by atoms with Gasteiger partial charge in [0, 0.05) is 34.2 Å². The zero-order valence-electron chi connectivity index (χ0n) is 17.0. The first-order valence-electron chi connectivity index (χ1n) is 9.79. The molecule has 2 rings (SSSR count). The normalized spacial score (nSPS) is 21.3. The molecule has 2 atom stereocenters. The maximum Gasteiger partial charge on any atom is 0.242 e. The van der Waals surface area contributed by atoms with Crippen LogP contribution < -0.4 is 10.6 Å². The average Bonchev–Trinajstić information content (AvgIpc) is 2.64. The molecule has 0 heterocycles. The standard InChI is InChI=1S/C20H34N4O2S/c1-16-8-7-9-17(14-16)12-13-22-20(21-2)23-15-18-10-5-6-11-19(18)27(25,26)24(3)4/h5-6,10-11,16-17H,7-9,12-15H2,1-4H3,(H2,21,22,23). The number of rotatable bonds is 7. The van der Waals surface area contributed by atoms with Gasteiger partial charge in [-0.3, -0.25) is 4.99 Å². The first-order valence-corrected chi connectivity index (χ1v) is 11.2. The minimum Gasteiger partial charge on any atom is -0.356 e. The smallest absolute Gasteiger partial charge is 0.242 e. The topological polar surface area (TPSA) is 73.8 Å². The van der Waals surface area contributed by atoms with E-state index in [9.17, 15) is 8.42 Å². The third-order valence-electron chi connectivity index (χ3n) is 5.29. The number of guanidine groups is 1. The molecule has 1 aliphatic rings. The molecule has 1 aromatic carbocycles. The van der Waals surface area contributed by atoms with Crippen LogP contribution in [0.4, 0.5) is 0 Å². The molecule has 7 heteroatoms. The van der Waals surface area contributed by atoms with Crippen molar-refractivity contribution in [2.45, 2.75) is 50.5 Å². The van der Waals surface area contributed by atoms with Gasteiger partial charge in [0.2, 0.25) is 10.0 Å². The summed E-state index contributed by atoms with van der Waals surface area (Å²) in [6.07, 6.45) is 6.51. The molecule has 1 fully saturated rings. The lowest BCUT2D eigenvalue weighted by Gasteiger charge is -2.26. The van der Waals surface area contributed by atoms with Gasteiger partial charge in [-0.05, 0) is 36.3 Å². The van der Waals surface area contributed by atoms with Gasteiger partial charge in [0.1, 0.15) is 0 Å². The first-order chi connectivity index (χ1) is 12.8. The molecule has 0 spiro atoms. The minimum atomic E-state index is -3.47. The zero-order chi connectivity index (χ0) is 19.9. The van der Waals surface area contributed by atoms with E-state index in [0.717, 1.165) is 30.4 Å². The Morgan fingerprint density at radius 1 is 1.22 bits per heavy atom. The SMILES string of the molecule is CN=C(NCCC1CCCC(C)C1)NCc1ccccc1S(=O)(=O)N(C)C. The van der Waals surface area contributed by atoms with Gasteiger partial charge < -0.3 is 10.6 Å². The van der Waals surface area contributed by atoms with Crippen molar-refractivity contribution < 1.29 is 8.42 Å². The van der Waals surface area contributed by atoms with Gasteiger partial charge in [0.05, 0.1) is 4.90 Å². The molecular formula is C20H34N4O2S. The maximum atomic E-state index is 12.5. The van der Waals surface area contributed by atoms with E-state index >= 15 is 0 Å². The van der Waals surface area contributed by atoms with Crippen LogP contribution in [0, 0.1) is 11.8 Å². The molecule has 0 aliphatic heterocycles. The number of hydrogen-bond acceptors (Lipinski definition) is 3. The molecule has 1 aromatic rings. The van der Waals surface area contributed by atoms with E-state index in [2.05, 4.69) is 22.5 Å². The van der Waals surface area contributed by atoms with Crippen molar-refractivity contribution in [3.05, 3.63) is 29.8 Å². The number of aliphatic imine (C=N–C) groups is 1. The second-order valence-electron chi connectivity index (χ2n) is 7.67. The van der Waals surface area contributed by atoms with Gasteiger partial charge in [0.25, 0.3) is 0 Å². The highest BCUT2D eigenvalue weighted by atomic mass is 32.2. The van der Waals surface area contributed by atoms with Gasteiger partial charge in [-0.1, -0.05) is 44.4 Å². The molecule has 0 radical (unpaired) electrons. The summed E-state index contributed by atoms with van der Waals surface area (Å²) in [5.41, 5.74) is 0.732. The van der Waals surface area contributed by atoms with Gasteiger partial charge in [-0.15, -0.1) is 0 Å². The van der Waals surface area contributed by atoms with Crippen LogP contribution in [0.5, 0.6) is 0 Å². The summed E-state index contributed by atoms with van der Waals surface area (Å²) in [5, 5.41) is 6.60. The summed E-state index contributed by atoms with van der Waals surface area (Å²) in [6, 6.07) is 7.08. The van der Waals surface area contributed by atoms with Crippen LogP contribution in [0.3, 0.4) is 0 Å². The number of sulfonamides is 1. The molecule has 152 valence electrons. The summed E-state index contributed by atoms with van der Waals surface area (Å²) in [7, 11) is 1.37. The van der Waals surface area contributed by atoms with E-state index in [0.29, 0.717) is 17.4 Å². The Bertz CT molecular complexity index is 731. The Morgan fingerprint density at radius 3 is 2.63 bits per heavy atom. The van der Waals surface area contributed by atoms with E-state index in [4.69, 9.17) is 0 Å². The number of benzene rings is 1. The third kappa shape index (κ3) is 6.21. The van der Waals surface area contributed by atoms with Crippen LogP contribution in [0.15, 0.2) is 34.2 Å². The van der Waals surface area contributed by atoms with E-state index in [1.54, 1.807) is 33.3 Å². The minimum absolute atomic E-state index is 0.328. The summed E-state index contributed by atoms with van der Waals surface area (Å²) in [5.74, 6) is 2.34. The number of nitrogens with one attached hydrogen (secondary N) is 2. The first kappa shape index (κ1) is 21.7. The fourth-order valence-electron chi connectivity index (χ4n) is 3.71. The van der Waals surface area contributed by atoms with Crippen LogP contribution in [-0.2, 0) is 16.6 Å². The summed E-state index contributed by atoms with van der Waals surface area (Å²) in [6.45, 7) is 3.64. The third-order valence-corrected chi connectivity index (χ3v) is 7.21. The lowest BCUT2D eigenvalue weighted by Crippen LogP contribution is -2.38. The summed E-state index contributed by atoms with van der Waals surface area (Å²) >= 11 is 0. The van der Waals surface area contributed by atoms with E-state index < -0.39 is 10.0 Å². The average molecular weight is 395 g/mol. The van der Waals surface area contributed by atoms with E-state index in [1.807, 2.05) is 12.1 Å². The van der Waals surface area contributed by atoms with Crippen molar-refractivity contribution in [2.24, 2.45) is 16.8 Å². The molecule has 1 aliphatic carbocycles. The molecule has 0 aromatic heterocycles. The molecule has 6 nitrogen and oxygen atoms in total. The fraction of sp³-hybridized carbons (Fsp3) is 0.650. The van der Waals surface area contributed by atoms with E-state index in [-0.39, 0.29) is 0 Å². The van der Waals surface area contributed by atoms with Gasteiger partial charge in [-0.2, -0.15) is 0 Å². The summed E-state index contributed by atoms with van der Waals surface area (Å²) < 4.78 is 26.2. The Labute approximate surface area is 164 Å². The Morgan fingerprint density at radius 2 is 1.96 bits per heavy atom. The van der Waals surface area contributed by atoms with Gasteiger partial charge in [0.15, 0.2) is 5.96 Å². The lowest BCUT2D eigenvalue weighted by atomic mass is 9.81. The van der Waals surface area contributed by atoms with Crippen molar-refractivity contribution in [2.75, 3.05) is 27.7 Å². The predicted octanol–water partition coefficient (Wildman–Crippen LogP) is 2.82.